The maximum absolute atomic E-state index is 12.7. The SMILES string of the molecule is CCCN(C(=O)CNC(=O)[C@@H](N)C(C)C)C1CCc2ccccc21.Cl. The average molecular weight is 368 g/mol. The Labute approximate surface area is 156 Å². The molecule has 0 fully saturated rings. The van der Waals surface area contributed by atoms with E-state index in [0.29, 0.717) is 6.54 Å². The summed E-state index contributed by atoms with van der Waals surface area (Å²) < 4.78 is 0. The third-order valence-electron chi connectivity index (χ3n) is 4.70. The number of hydrogen-bond acceptors (Lipinski definition) is 3. The summed E-state index contributed by atoms with van der Waals surface area (Å²) in [6, 6.07) is 7.84. The molecule has 0 saturated carbocycles. The molecule has 3 N–H and O–H groups in total. The minimum atomic E-state index is -0.579. The number of carbonyl (C=O) groups excluding carboxylic acids is 2. The molecular weight excluding hydrogens is 338 g/mol. The van der Waals surface area contributed by atoms with Crippen molar-refractivity contribution in [1.29, 1.82) is 0 Å². The third kappa shape index (κ3) is 5.19. The van der Waals surface area contributed by atoms with Gasteiger partial charge in [-0.3, -0.25) is 9.59 Å². The highest BCUT2D eigenvalue weighted by Crippen LogP contribution is 2.35. The maximum Gasteiger partial charge on any atom is 0.242 e. The number of nitrogens with one attached hydrogen (secondary N) is 1. The first-order valence-electron chi connectivity index (χ1n) is 8.86. The van der Waals surface area contributed by atoms with Crippen LogP contribution in [0.1, 0.15) is 50.8 Å². The lowest BCUT2D eigenvalue weighted by atomic mass is 10.0. The zero-order chi connectivity index (χ0) is 17.7. The smallest absolute Gasteiger partial charge is 0.242 e. The number of halogens is 1. The van der Waals surface area contributed by atoms with Crippen molar-refractivity contribution in [2.45, 2.75) is 52.1 Å². The number of hydrogen-bond donors (Lipinski definition) is 2. The summed E-state index contributed by atoms with van der Waals surface area (Å²) in [7, 11) is 0. The Hall–Kier alpha value is -1.59. The Morgan fingerprint density at radius 1 is 1.32 bits per heavy atom. The Morgan fingerprint density at radius 2 is 2.00 bits per heavy atom. The first-order chi connectivity index (χ1) is 11.5. The molecule has 0 saturated heterocycles. The minimum absolute atomic E-state index is 0. The van der Waals surface area contributed by atoms with Crippen molar-refractivity contribution in [1.82, 2.24) is 10.2 Å². The summed E-state index contributed by atoms with van der Waals surface area (Å²) in [6.07, 6.45) is 2.84. The third-order valence-corrected chi connectivity index (χ3v) is 4.70. The van der Waals surface area contributed by atoms with Crippen LogP contribution in [0.15, 0.2) is 24.3 Å². The lowest BCUT2D eigenvalue weighted by Gasteiger charge is -2.30. The molecule has 0 bridgehead atoms. The molecule has 6 heteroatoms. The van der Waals surface area contributed by atoms with Crippen molar-refractivity contribution in [3.8, 4) is 0 Å². The van der Waals surface area contributed by atoms with E-state index in [1.54, 1.807) is 0 Å². The fourth-order valence-electron chi connectivity index (χ4n) is 3.24. The van der Waals surface area contributed by atoms with E-state index in [1.807, 2.05) is 30.9 Å². The summed E-state index contributed by atoms with van der Waals surface area (Å²) in [4.78, 5) is 26.6. The minimum Gasteiger partial charge on any atom is -0.346 e. The van der Waals surface area contributed by atoms with Crippen LogP contribution in [0.2, 0.25) is 0 Å². The van der Waals surface area contributed by atoms with E-state index in [9.17, 15) is 9.59 Å². The summed E-state index contributed by atoms with van der Waals surface area (Å²) in [5, 5.41) is 2.69. The molecular formula is C19H30ClN3O2. The van der Waals surface area contributed by atoms with Gasteiger partial charge in [-0.05, 0) is 36.3 Å². The number of nitrogens with two attached hydrogens (primary N) is 1. The van der Waals surface area contributed by atoms with Gasteiger partial charge in [0.1, 0.15) is 0 Å². The summed E-state index contributed by atoms with van der Waals surface area (Å²) in [5.74, 6) is -0.252. The summed E-state index contributed by atoms with van der Waals surface area (Å²) in [5.41, 5.74) is 8.39. The van der Waals surface area contributed by atoms with Crippen LogP contribution in [0, 0.1) is 5.92 Å². The van der Waals surface area contributed by atoms with Gasteiger partial charge in [0.05, 0.1) is 18.6 Å². The highest BCUT2D eigenvalue weighted by molar-refractivity contribution is 5.87. The molecule has 0 aromatic heterocycles. The lowest BCUT2D eigenvalue weighted by Crippen LogP contribution is -2.48. The fraction of sp³-hybridized carbons (Fsp3) is 0.579. The van der Waals surface area contributed by atoms with E-state index >= 15 is 0 Å². The second-order valence-electron chi connectivity index (χ2n) is 6.83. The molecule has 1 aromatic rings. The fourth-order valence-corrected chi connectivity index (χ4v) is 3.24. The average Bonchev–Trinajstić information content (AvgIpc) is 3.00. The highest BCUT2D eigenvalue weighted by atomic mass is 35.5. The molecule has 2 atom stereocenters. The Bertz CT molecular complexity index is 592. The van der Waals surface area contributed by atoms with Crippen LogP contribution < -0.4 is 11.1 Å². The number of aryl methyl sites for hydroxylation is 1. The van der Waals surface area contributed by atoms with Gasteiger partial charge in [-0.15, -0.1) is 12.4 Å². The van der Waals surface area contributed by atoms with Crippen LogP contribution in [0.3, 0.4) is 0 Å². The largest absolute Gasteiger partial charge is 0.346 e. The molecule has 25 heavy (non-hydrogen) atoms. The normalized spacial score (nSPS) is 16.8. The van der Waals surface area contributed by atoms with E-state index in [-0.39, 0.29) is 42.7 Å². The van der Waals surface area contributed by atoms with Gasteiger partial charge >= 0.3 is 0 Å². The van der Waals surface area contributed by atoms with Gasteiger partial charge in [-0.1, -0.05) is 45.0 Å². The van der Waals surface area contributed by atoms with Gasteiger partial charge in [0.2, 0.25) is 11.8 Å². The van der Waals surface area contributed by atoms with Crippen molar-refractivity contribution >= 4 is 24.2 Å². The molecule has 2 rings (SSSR count). The molecule has 0 heterocycles. The Morgan fingerprint density at radius 3 is 2.64 bits per heavy atom. The molecule has 1 aliphatic carbocycles. The van der Waals surface area contributed by atoms with Crippen molar-refractivity contribution < 1.29 is 9.59 Å². The molecule has 0 aliphatic heterocycles. The van der Waals surface area contributed by atoms with E-state index in [0.717, 1.165) is 19.3 Å². The molecule has 0 spiro atoms. The number of amides is 2. The van der Waals surface area contributed by atoms with Crippen LogP contribution in [-0.4, -0.2) is 35.8 Å². The predicted octanol–water partition coefficient (Wildman–Crippen LogP) is 2.43. The van der Waals surface area contributed by atoms with Crippen molar-refractivity contribution in [3.63, 3.8) is 0 Å². The first-order valence-corrected chi connectivity index (χ1v) is 8.86. The predicted molar refractivity (Wildman–Crippen MR) is 103 cm³/mol. The van der Waals surface area contributed by atoms with Gasteiger partial charge in [-0.25, -0.2) is 0 Å². The van der Waals surface area contributed by atoms with E-state index in [1.165, 1.54) is 11.1 Å². The second kappa shape index (κ2) is 9.78. The highest BCUT2D eigenvalue weighted by Gasteiger charge is 2.30. The summed E-state index contributed by atoms with van der Waals surface area (Å²) >= 11 is 0. The van der Waals surface area contributed by atoms with Crippen molar-refractivity contribution in [2.24, 2.45) is 11.7 Å². The molecule has 140 valence electrons. The van der Waals surface area contributed by atoms with Gasteiger partial charge < -0.3 is 16.0 Å². The molecule has 1 aromatic carbocycles. The van der Waals surface area contributed by atoms with Gasteiger partial charge in [0, 0.05) is 6.54 Å². The molecule has 1 unspecified atom stereocenters. The number of fused-ring (bicyclic) bond motifs is 1. The van der Waals surface area contributed by atoms with E-state index < -0.39 is 6.04 Å². The van der Waals surface area contributed by atoms with Crippen molar-refractivity contribution in [2.75, 3.05) is 13.1 Å². The molecule has 5 nitrogen and oxygen atoms in total. The monoisotopic (exact) mass is 367 g/mol. The molecule has 2 amide bonds. The van der Waals surface area contributed by atoms with E-state index in [2.05, 4.69) is 24.4 Å². The Balaban J connectivity index is 0.00000312. The zero-order valence-electron chi connectivity index (χ0n) is 15.3. The number of nitrogens with zero attached hydrogens (tertiary/aromatic N) is 1. The van der Waals surface area contributed by atoms with Gasteiger partial charge in [-0.2, -0.15) is 0 Å². The topological polar surface area (TPSA) is 75.4 Å². The quantitative estimate of drug-likeness (QED) is 0.777. The van der Waals surface area contributed by atoms with E-state index in [4.69, 9.17) is 5.73 Å². The zero-order valence-corrected chi connectivity index (χ0v) is 16.1. The number of carbonyl (C=O) groups is 2. The van der Waals surface area contributed by atoms with Crippen LogP contribution in [0.5, 0.6) is 0 Å². The second-order valence-corrected chi connectivity index (χ2v) is 6.83. The van der Waals surface area contributed by atoms with Crippen LogP contribution >= 0.6 is 12.4 Å². The lowest BCUT2D eigenvalue weighted by molar-refractivity contribution is -0.135. The Kier molecular flexibility index (Phi) is 8.39. The van der Waals surface area contributed by atoms with Crippen molar-refractivity contribution in [3.05, 3.63) is 35.4 Å². The van der Waals surface area contributed by atoms with Crippen LogP contribution in [0.25, 0.3) is 0 Å². The standard InChI is InChI=1S/C19H29N3O2.ClH/c1-4-11-22(16-10-9-14-7-5-6-8-15(14)16)17(23)12-21-19(24)18(20)13(2)3;/h5-8,13,16,18H,4,9-12,20H2,1-3H3,(H,21,24);1H/t16?,18-;/m0./s1. The van der Waals surface area contributed by atoms with Gasteiger partial charge in [0.25, 0.3) is 0 Å². The van der Waals surface area contributed by atoms with Crippen LogP contribution in [0.4, 0.5) is 0 Å². The number of rotatable bonds is 7. The maximum atomic E-state index is 12.7. The van der Waals surface area contributed by atoms with Gasteiger partial charge in [0.15, 0.2) is 0 Å². The first kappa shape index (κ1) is 21.5. The number of benzene rings is 1. The molecule has 0 radical (unpaired) electrons. The van der Waals surface area contributed by atoms with Crippen LogP contribution in [-0.2, 0) is 16.0 Å². The molecule has 1 aliphatic rings. The summed E-state index contributed by atoms with van der Waals surface area (Å²) in [6.45, 7) is 6.56.